The molecule has 20 heteroatoms. The van der Waals surface area contributed by atoms with Crippen molar-refractivity contribution >= 4 is 35.4 Å². The van der Waals surface area contributed by atoms with Crippen LogP contribution >= 0.6 is 0 Å². The topological polar surface area (TPSA) is 240 Å². The number of aromatic nitrogens is 1. The van der Waals surface area contributed by atoms with Crippen LogP contribution in [0.3, 0.4) is 0 Å². The van der Waals surface area contributed by atoms with E-state index in [1.165, 1.54) is 5.06 Å². The number of pyridine rings is 1. The Bertz CT molecular complexity index is 1690. The number of amidine groups is 1. The number of nitrogens with zero attached hydrogens (tertiary/aromatic N) is 3. The molecule has 1 aromatic carbocycles. The number of amides is 2. The van der Waals surface area contributed by atoms with Crippen molar-refractivity contribution in [2.24, 2.45) is 10.7 Å². The zero-order valence-corrected chi connectivity index (χ0v) is 38.7. The van der Waals surface area contributed by atoms with Crippen LogP contribution in [0.4, 0.5) is 5.69 Å². The van der Waals surface area contributed by atoms with Gasteiger partial charge in [-0.25, -0.2) is 10.1 Å². The number of carbonyl (C=O) groups is 3. The molecule has 1 aliphatic heterocycles. The zero-order valence-electron chi connectivity index (χ0n) is 38.7. The second kappa shape index (κ2) is 36.6. The van der Waals surface area contributed by atoms with E-state index in [1.54, 1.807) is 6.20 Å². The monoisotopic (exact) mass is 933 g/mol. The number of carboxylic acid groups (broad SMARTS) is 1. The van der Waals surface area contributed by atoms with E-state index in [9.17, 15) is 14.4 Å². The number of ether oxygens (including phenoxy) is 10. The normalized spacial score (nSPS) is 12.3. The summed E-state index contributed by atoms with van der Waals surface area (Å²) < 4.78 is 54.3. The summed E-state index contributed by atoms with van der Waals surface area (Å²) in [6.07, 6.45) is 4.77. The number of nitrogens with two attached hydrogens (primary N) is 1. The number of hydrogen-bond donors (Lipinski definition) is 3. The molecule has 0 atom stereocenters. The fourth-order valence-electron chi connectivity index (χ4n) is 5.83. The zero-order chi connectivity index (χ0) is 47.3. The number of hydroxylamine groups is 2. The number of aliphatic carboxylic acids is 1. The van der Waals surface area contributed by atoms with Crippen LogP contribution in [0.1, 0.15) is 50.8 Å². The maximum Gasteiger partial charge on any atom is 0.305 e. The van der Waals surface area contributed by atoms with Crippen molar-refractivity contribution in [3.63, 3.8) is 0 Å². The highest BCUT2D eigenvalue weighted by Gasteiger charge is 2.22. The molecule has 20 nitrogen and oxygen atoms in total. The molecule has 0 aliphatic carbocycles. The molecule has 1 aromatic heterocycles. The minimum absolute atomic E-state index is 0.0130. The summed E-state index contributed by atoms with van der Waals surface area (Å²) in [7, 11) is 0. The molecule has 3 rings (SSSR count). The number of carbonyl (C=O) groups excluding carboxylic acids is 2. The summed E-state index contributed by atoms with van der Waals surface area (Å²) in [6.45, 7) is 13.3. The van der Waals surface area contributed by atoms with Gasteiger partial charge in [-0.2, -0.15) is 0 Å². The highest BCUT2D eigenvalue weighted by Crippen LogP contribution is 2.32. The molecule has 0 saturated carbocycles. The smallest absolute Gasteiger partial charge is 0.305 e. The minimum atomic E-state index is -0.883. The summed E-state index contributed by atoms with van der Waals surface area (Å²) in [4.78, 5) is 50.6. The molecule has 0 unspecified atom stereocenters. The molecule has 2 heterocycles. The maximum absolute atomic E-state index is 13.2. The van der Waals surface area contributed by atoms with Gasteiger partial charge >= 0.3 is 5.97 Å². The van der Waals surface area contributed by atoms with Crippen molar-refractivity contribution < 1.29 is 71.7 Å². The van der Waals surface area contributed by atoms with Gasteiger partial charge in [-0.15, -0.1) is 0 Å². The van der Waals surface area contributed by atoms with Gasteiger partial charge in [0, 0.05) is 42.3 Å². The number of aliphatic imine (C=N–C) groups is 1. The second-order valence-corrected chi connectivity index (χ2v) is 14.4. The molecule has 0 spiro atoms. The van der Waals surface area contributed by atoms with E-state index in [0.29, 0.717) is 155 Å². The van der Waals surface area contributed by atoms with Gasteiger partial charge in [-0.05, 0) is 37.1 Å². The van der Waals surface area contributed by atoms with E-state index in [4.69, 9.17) is 63.0 Å². The molecular weight excluding hydrogens is 863 g/mol. The summed E-state index contributed by atoms with van der Waals surface area (Å²) in [5.41, 5.74) is 10.7. The molecule has 66 heavy (non-hydrogen) atoms. The van der Waals surface area contributed by atoms with Gasteiger partial charge in [0.15, 0.2) is 0 Å². The summed E-state index contributed by atoms with van der Waals surface area (Å²) in [5.74, 6) is -0.892. The SMILES string of the molecule is CCCN(OCC)C(=O)C1=Cc2ccc(-c3ccc(CNC(=O)CCOCCOCCOCCOCCOCCOCCOCCOCCOCCOCCC(=O)O)nc3)cc2N=C(N)C1. The van der Waals surface area contributed by atoms with Gasteiger partial charge in [0.25, 0.3) is 5.91 Å². The van der Waals surface area contributed by atoms with Crippen molar-refractivity contribution in [2.75, 3.05) is 145 Å². The fraction of sp³-hybridized carbons (Fsp3) is 0.630. The first-order valence-electron chi connectivity index (χ1n) is 22.6. The summed E-state index contributed by atoms with van der Waals surface area (Å²) in [5, 5.41) is 12.8. The van der Waals surface area contributed by atoms with Crippen LogP contribution in [0.5, 0.6) is 0 Å². The van der Waals surface area contributed by atoms with Crippen LogP contribution in [0, 0.1) is 0 Å². The second-order valence-electron chi connectivity index (χ2n) is 14.4. The largest absolute Gasteiger partial charge is 0.481 e. The van der Waals surface area contributed by atoms with Crippen molar-refractivity contribution in [1.29, 1.82) is 0 Å². The Hall–Kier alpha value is -4.45. The lowest BCUT2D eigenvalue weighted by molar-refractivity contribution is -0.180. The highest BCUT2D eigenvalue weighted by molar-refractivity contribution is 6.05. The first-order chi connectivity index (χ1) is 32.3. The maximum atomic E-state index is 13.2. The molecule has 0 fully saturated rings. The van der Waals surface area contributed by atoms with Gasteiger partial charge < -0.3 is 63.5 Å². The lowest BCUT2D eigenvalue weighted by Gasteiger charge is -2.21. The first kappa shape index (κ1) is 55.9. The van der Waals surface area contributed by atoms with Crippen LogP contribution < -0.4 is 11.1 Å². The van der Waals surface area contributed by atoms with Crippen LogP contribution in [0.2, 0.25) is 0 Å². The van der Waals surface area contributed by atoms with Crippen molar-refractivity contribution in [2.45, 2.75) is 46.1 Å². The highest BCUT2D eigenvalue weighted by atomic mass is 16.7. The number of benzene rings is 1. The Morgan fingerprint density at radius 2 is 1.12 bits per heavy atom. The molecule has 1 aliphatic rings. The van der Waals surface area contributed by atoms with Crippen LogP contribution in [0.25, 0.3) is 17.2 Å². The number of nitrogens with one attached hydrogen (secondary N) is 1. The quantitative estimate of drug-likeness (QED) is 0.0640. The van der Waals surface area contributed by atoms with Gasteiger partial charge in [-0.3, -0.25) is 24.2 Å². The van der Waals surface area contributed by atoms with E-state index >= 15 is 0 Å². The van der Waals surface area contributed by atoms with Crippen LogP contribution in [-0.4, -0.2) is 184 Å². The molecule has 370 valence electrons. The molecule has 2 amide bonds. The molecule has 4 N–H and O–H groups in total. The average molecular weight is 934 g/mol. The van der Waals surface area contributed by atoms with Gasteiger partial charge in [0.05, 0.1) is 163 Å². The number of carboxylic acids is 1. The van der Waals surface area contributed by atoms with Crippen LogP contribution in [0.15, 0.2) is 47.1 Å². The van der Waals surface area contributed by atoms with Crippen LogP contribution in [-0.2, 0) is 73.1 Å². The molecular formula is C46H71N5O15. The Balaban J connectivity index is 1.08. The molecule has 0 saturated heterocycles. The number of rotatable bonds is 41. The minimum Gasteiger partial charge on any atom is -0.481 e. The van der Waals surface area contributed by atoms with E-state index in [-0.39, 0.29) is 50.8 Å². The first-order valence-corrected chi connectivity index (χ1v) is 22.6. The Kier molecular flexibility index (Phi) is 31.0. The van der Waals surface area contributed by atoms with Crippen molar-refractivity contribution in [1.82, 2.24) is 15.4 Å². The summed E-state index contributed by atoms with van der Waals surface area (Å²) in [6, 6.07) is 9.60. The Morgan fingerprint density at radius 3 is 1.56 bits per heavy atom. The Labute approximate surface area is 388 Å². The number of fused-ring (bicyclic) bond motifs is 1. The molecule has 0 bridgehead atoms. The van der Waals surface area contributed by atoms with Gasteiger partial charge in [0.1, 0.15) is 5.84 Å². The molecule has 0 radical (unpaired) electrons. The van der Waals surface area contributed by atoms with Gasteiger partial charge in [0.2, 0.25) is 5.91 Å². The van der Waals surface area contributed by atoms with E-state index in [2.05, 4.69) is 15.3 Å². The third-order valence-corrected chi connectivity index (χ3v) is 9.12. The lowest BCUT2D eigenvalue weighted by Crippen LogP contribution is -2.34. The predicted octanol–water partition coefficient (Wildman–Crippen LogP) is 3.36. The third-order valence-electron chi connectivity index (χ3n) is 9.12. The standard InChI is InChI=1S/C46H71N5O15/c1-3-11-51(66-4-2)46(55)40-32-38-6-5-37(33-42(38)50-43(47)34-40)39-7-8-41(48-35-39)36-49-44(52)9-12-56-14-16-58-18-20-60-22-24-62-26-28-64-30-31-65-29-27-63-25-23-61-21-19-59-17-15-57-13-10-45(53)54/h5-8,32-33,35H,3-4,9-31,34,36H2,1-2H3,(H2,47,50)(H,49,52)(H,53,54). The Morgan fingerprint density at radius 1 is 0.652 bits per heavy atom. The van der Waals surface area contributed by atoms with Crippen molar-refractivity contribution in [3.05, 3.63) is 53.4 Å². The number of hydrogen-bond acceptors (Lipinski definition) is 17. The van der Waals surface area contributed by atoms with E-state index in [0.717, 1.165) is 23.1 Å². The van der Waals surface area contributed by atoms with E-state index in [1.807, 2.05) is 50.3 Å². The third kappa shape index (κ3) is 26.0. The lowest BCUT2D eigenvalue weighted by atomic mass is 10.0. The van der Waals surface area contributed by atoms with Crippen molar-refractivity contribution in [3.8, 4) is 11.1 Å². The molecule has 2 aromatic rings. The predicted molar refractivity (Wildman–Crippen MR) is 244 cm³/mol. The average Bonchev–Trinajstić information content (AvgIpc) is 3.48. The fourth-order valence-corrected chi connectivity index (χ4v) is 5.83. The summed E-state index contributed by atoms with van der Waals surface area (Å²) >= 11 is 0. The van der Waals surface area contributed by atoms with E-state index < -0.39 is 5.97 Å². The van der Waals surface area contributed by atoms with Gasteiger partial charge in [-0.1, -0.05) is 25.1 Å².